The molecule has 0 bridgehead atoms. The van der Waals surface area contributed by atoms with E-state index in [1.165, 1.54) is 0 Å². The summed E-state index contributed by atoms with van der Waals surface area (Å²) >= 11 is 0. The molecule has 0 saturated heterocycles. The summed E-state index contributed by atoms with van der Waals surface area (Å²) in [6, 6.07) is 1.61. The van der Waals surface area contributed by atoms with E-state index in [1.54, 1.807) is 0 Å². The van der Waals surface area contributed by atoms with Crippen molar-refractivity contribution in [2.24, 2.45) is 5.92 Å². The average molecular weight is 288 g/mol. The van der Waals surface area contributed by atoms with Crippen LogP contribution in [0.4, 0.5) is 19.0 Å². The zero-order valence-corrected chi connectivity index (χ0v) is 11.1. The van der Waals surface area contributed by atoms with E-state index >= 15 is 0 Å². The van der Waals surface area contributed by atoms with Crippen molar-refractivity contribution in [3.63, 3.8) is 0 Å². The summed E-state index contributed by atoms with van der Waals surface area (Å²) in [4.78, 5) is 14.5. The van der Waals surface area contributed by atoms with Crippen LogP contribution in [0.2, 0.25) is 0 Å². The first kappa shape index (κ1) is 14.6. The third-order valence-electron chi connectivity index (χ3n) is 3.45. The normalized spacial score (nSPS) is 16.1. The Morgan fingerprint density at radius 3 is 2.40 bits per heavy atom. The van der Waals surface area contributed by atoms with Crippen LogP contribution in [0.25, 0.3) is 0 Å². The summed E-state index contributed by atoms with van der Waals surface area (Å²) in [5, 5.41) is 11.9. The molecule has 0 radical (unpaired) electrons. The van der Waals surface area contributed by atoms with Crippen LogP contribution in [0.5, 0.6) is 0 Å². The Morgan fingerprint density at radius 2 is 1.95 bits per heavy atom. The van der Waals surface area contributed by atoms with Crippen molar-refractivity contribution in [3.05, 3.63) is 23.4 Å². The molecule has 1 saturated carbocycles. The van der Waals surface area contributed by atoms with Crippen molar-refractivity contribution in [2.45, 2.75) is 38.4 Å². The van der Waals surface area contributed by atoms with E-state index in [4.69, 9.17) is 5.11 Å². The molecule has 0 unspecified atom stereocenters. The zero-order valence-electron chi connectivity index (χ0n) is 11.1. The molecule has 0 aromatic carbocycles. The van der Waals surface area contributed by atoms with Gasteiger partial charge in [0, 0.05) is 5.54 Å². The van der Waals surface area contributed by atoms with Crippen LogP contribution in [0.15, 0.2) is 12.1 Å². The van der Waals surface area contributed by atoms with Crippen molar-refractivity contribution in [3.8, 4) is 0 Å². The first-order valence-corrected chi connectivity index (χ1v) is 6.21. The molecule has 1 aromatic rings. The number of anilines is 1. The first-order chi connectivity index (χ1) is 9.11. The second-order valence-electron chi connectivity index (χ2n) is 5.52. The number of aromatic nitrogens is 1. The highest BCUT2D eigenvalue weighted by Crippen LogP contribution is 2.41. The van der Waals surface area contributed by atoms with Gasteiger partial charge in [-0.25, -0.2) is 9.78 Å². The smallest absolute Gasteiger partial charge is 0.433 e. The van der Waals surface area contributed by atoms with Gasteiger partial charge in [-0.15, -0.1) is 0 Å². The van der Waals surface area contributed by atoms with Gasteiger partial charge in [-0.05, 0) is 44.7 Å². The van der Waals surface area contributed by atoms with Gasteiger partial charge in [-0.2, -0.15) is 13.2 Å². The van der Waals surface area contributed by atoms with Crippen molar-refractivity contribution in [1.82, 2.24) is 4.98 Å². The summed E-state index contributed by atoms with van der Waals surface area (Å²) < 4.78 is 38.0. The predicted octanol–water partition coefficient (Wildman–Crippen LogP) is 3.40. The molecule has 1 aliphatic carbocycles. The molecule has 1 fully saturated rings. The van der Waals surface area contributed by atoms with Crippen LogP contribution in [0.3, 0.4) is 0 Å². The van der Waals surface area contributed by atoms with Gasteiger partial charge >= 0.3 is 12.1 Å². The lowest BCUT2D eigenvalue weighted by atomic mass is 9.98. The Hall–Kier alpha value is -1.79. The second-order valence-corrected chi connectivity index (χ2v) is 5.52. The van der Waals surface area contributed by atoms with Gasteiger partial charge in [-0.1, -0.05) is 0 Å². The SMILES string of the molecule is CC(C)(Nc1nc(C(F)(F)F)ccc1C(=O)O)C1CC1. The largest absolute Gasteiger partial charge is 0.478 e. The third kappa shape index (κ3) is 3.02. The fraction of sp³-hybridized carbons (Fsp3) is 0.538. The zero-order chi connectivity index (χ0) is 15.1. The third-order valence-corrected chi connectivity index (χ3v) is 3.45. The second kappa shape index (κ2) is 4.64. The summed E-state index contributed by atoms with van der Waals surface area (Å²) in [5.74, 6) is -1.22. The molecule has 4 nitrogen and oxygen atoms in total. The Kier molecular flexibility index (Phi) is 3.39. The Balaban J connectivity index is 2.39. The van der Waals surface area contributed by atoms with Gasteiger partial charge in [0.25, 0.3) is 0 Å². The number of hydrogen-bond acceptors (Lipinski definition) is 3. The fourth-order valence-electron chi connectivity index (χ4n) is 2.10. The summed E-state index contributed by atoms with van der Waals surface area (Å²) in [5.41, 5.74) is -1.84. The molecule has 110 valence electrons. The summed E-state index contributed by atoms with van der Waals surface area (Å²) in [6.45, 7) is 3.66. The number of nitrogens with zero attached hydrogens (tertiary/aromatic N) is 1. The molecule has 7 heteroatoms. The van der Waals surface area contributed by atoms with Gasteiger partial charge in [0.15, 0.2) is 0 Å². The number of hydrogen-bond donors (Lipinski definition) is 2. The number of rotatable bonds is 4. The number of carboxylic acid groups (broad SMARTS) is 1. The highest BCUT2D eigenvalue weighted by Gasteiger charge is 2.39. The number of carboxylic acids is 1. The van der Waals surface area contributed by atoms with Gasteiger partial charge < -0.3 is 10.4 Å². The highest BCUT2D eigenvalue weighted by molar-refractivity contribution is 5.93. The van der Waals surface area contributed by atoms with Crippen molar-refractivity contribution in [1.29, 1.82) is 0 Å². The Morgan fingerprint density at radius 1 is 1.35 bits per heavy atom. The molecule has 0 aliphatic heterocycles. The number of carbonyl (C=O) groups is 1. The minimum absolute atomic E-state index is 0.232. The number of aromatic carboxylic acids is 1. The molecule has 1 aromatic heterocycles. The lowest BCUT2D eigenvalue weighted by Gasteiger charge is -2.28. The minimum atomic E-state index is -4.60. The molecule has 1 aliphatic rings. The van der Waals surface area contributed by atoms with Gasteiger partial charge in [-0.3, -0.25) is 0 Å². The van der Waals surface area contributed by atoms with E-state index < -0.39 is 23.4 Å². The van der Waals surface area contributed by atoms with E-state index in [2.05, 4.69) is 10.3 Å². The maximum atomic E-state index is 12.7. The molecular formula is C13H15F3N2O2. The first-order valence-electron chi connectivity index (χ1n) is 6.21. The van der Waals surface area contributed by atoms with Crippen LogP contribution < -0.4 is 5.32 Å². The minimum Gasteiger partial charge on any atom is -0.478 e. The van der Waals surface area contributed by atoms with Crippen LogP contribution in [-0.2, 0) is 6.18 Å². The molecule has 20 heavy (non-hydrogen) atoms. The monoisotopic (exact) mass is 288 g/mol. The topological polar surface area (TPSA) is 62.2 Å². The molecule has 0 amide bonds. The van der Waals surface area contributed by atoms with Crippen LogP contribution in [-0.4, -0.2) is 21.6 Å². The quantitative estimate of drug-likeness (QED) is 0.891. The maximum Gasteiger partial charge on any atom is 0.433 e. The maximum absolute atomic E-state index is 12.7. The van der Waals surface area contributed by atoms with Crippen molar-refractivity contribution in [2.75, 3.05) is 5.32 Å². The molecular weight excluding hydrogens is 273 g/mol. The number of alkyl halides is 3. The predicted molar refractivity (Wildman–Crippen MR) is 66.6 cm³/mol. The number of nitrogens with one attached hydrogen (secondary N) is 1. The van der Waals surface area contributed by atoms with Crippen molar-refractivity contribution >= 4 is 11.8 Å². The van der Waals surface area contributed by atoms with Gasteiger partial charge in [0.2, 0.25) is 0 Å². The van der Waals surface area contributed by atoms with E-state index in [0.717, 1.165) is 18.9 Å². The Bertz CT molecular complexity index is 537. The highest BCUT2D eigenvalue weighted by atomic mass is 19.4. The standard InChI is InChI=1S/C13H15F3N2O2/c1-12(2,7-3-4-7)18-10-8(11(19)20)5-6-9(17-10)13(14,15)16/h5-7H,3-4H2,1-2H3,(H,17,18)(H,19,20). The van der Waals surface area contributed by atoms with Crippen LogP contribution in [0, 0.1) is 5.92 Å². The van der Waals surface area contributed by atoms with E-state index in [9.17, 15) is 18.0 Å². The Labute approximate surface area is 114 Å². The van der Waals surface area contributed by atoms with E-state index in [0.29, 0.717) is 12.0 Å². The fourth-order valence-corrected chi connectivity index (χ4v) is 2.10. The van der Waals surface area contributed by atoms with E-state index in [-0.39, 0.29) is 11.4 Å². The lowest BCUT2D eigenvalue weighted by molar-refractivity contribution is -0.141. The number of pyridine rings is 1. The van der Waals surface area contributed by atoms with Crippen LogP contribution >= 0.6 is 0 Å². The number of halogens is 3. The van der Waals surface area contributed by atoms with Gasteiger partial charge in [0.1, 0.15) is 17.1 Å². The summed E-state index contributed by atoms with van der Waals surface area (Å²) in [6.07, 6.45) is -2.65. The molecule has 1 heterocycles. The average Bonchev–Trinajstić information content (AvgIpc) is 3.10. The molecule has 2 rings (SSSR count). The molecule has 0 atom stereocenters. The molecule has 2 N–H and O–H groups in total. The summed E-state index contributed by atoms with van der Waals surface area (Å²) in [7, 11) is 0. The van der Waals surface area contributed by atoms with E-state index in [1.807, 2.05) is 13.8 Å². The molecule has 0 spiro atoms. The van der Waals surface area contributed by atoms with Crippen LogP contribution in [0.1, 0.15) is 42.7 Å². The van der Waals surface area contributed by atoms with Gasteiger partial charge in [0.05, 0.1) is 0 Å². The van der Waals surface area contributed by atoms with Crippen molar-refractivity contribution < 1.29 is 23.1 Å². The lowest BCUT2D eigenvalue weighted by Crippen LogP contribution is -2.34.